The Labute approximate surface area is 87.4 Å². The number of nitrogens with zero attached hydrogens (tertiary/aromatic N) is 2. The number of carbonyl (C=O) groups is 1. The van der Waals surface area contributed by atoms with E-state index >= 15 is 0 Å². The molecule has 2 rings (SSSR count). The van der Waals surface area contributed by atoms with Crippen molar-refractivity contribution in [1.82, 2.24) is 20.8 Å². The van der Waals surface area contributed by atoms with Crippen LogP contribution in [0.15, 0.2) is 4.52 Å². The van der Waals surface area contributed by atoms with E-state index in [2.05, 4.69) is 20.8 Å². The van der Waals surface area contributed by atoms with Crippen molar-refractivity contribution in [2.45, 2.75) is 32.4 Å². The normalized spacial score (nSPS) is 20.6. The van der Waals surface area contributed by atoms with Gasteiger partial charge in [0.1, 0.15) is 0 Å². The molecule has 15 heavy (non-hydrogen) atoms. The molecule has 1 aliphatic rings. The number of aromatic nitrogens is 2. The summed E-state index contributed by atoms with van der Waals surface area (Å²) in [6, 6.07) is 0.241. The molecule has 1 aromatic rings. The van der Waals surface area contributed by atoms with Crippen LogP contribution in [0.4, 0.5) is 0 Å². The van der Waals surface area contributed by atoms with Crippen LogP contribution in [-0.4, -0.2) is 28.6 Å². The Morgan fingerprint density at radius 1 is 1.67 bits per heavy atom. The minimum Gasteiger partial charge on any atom is -0.352 e. The van der Waals surface area contributed by atoms with E-state index in [0.29, 0.717) is 24.7 Å². The zero-order valence-electron chi connectivity index (χ0n) is 8.62. The molecule has 0 bridgehead atoms. The second-order valence-electron chi connectivity index (χ2n) is 3.66. The van der Waals surface area contributed by atoms with Gasteiger partial charge in [0.2, 0.25) is 11.8 Å². The Kier molecular flexibility index (Phi) is 2.96. The van der Waals surface area contributed by atoms with Gasteiger partial charge in [0.15, 0.2) is 5.82 Å². The van der Waals surface area contributed by atoms with E-state index < -0.39 is 0 Å². The maximum Gasteiger partial charge on any atom is 0.223 e. The topological polar surface area (TPSA) is 80.0 Å². The van der Waals surface area contributed by atoms with Gasteiger partial charge in [0.25, 0.3) is 0 Å². The fourth-order valence-corrected chi connectivity index (χ4v) is 1.60. The van der Waals surface area contributed by atoms with E-state index in [1.165, 1.54) is 0 Å². The summed E-state index contributed by atoms with van der Waals surface area (Å²) in [5.41, 5.74) is 0. The van der Waals surface area contributed by atoms with Crippen molar-refractivity contribution < 1.29 is 9.32 Å². The predicted octanol–water partition coefficient (Wildman–Crippen LogP) is -0.254. The van der Waals surface area contributed by atoms with E-state index in [0.717, 1.165) is 13.0 Å². The zero-order valence-corrected chi connectivity index (χ0v) is 8.62. The molecule has 6 heteroatoms. The molecule has 1 amide bonds. The van der Waals surface area contributed by atoms with Gasteiger partial charge in [-0.15, -0.1) is 0 Å². The van der Waals surface area contributed by atoms with Crippen LogP contribution in [-0.2, 0) is 11.3 Å². The smallest absolute Gasteiger partial charge is 0.223 e. The van der Waals surface area contributed by atoms with E-state index in [-0.39, 0.29) is 11.9 Å². The summed E-state index contributed by atoms with van der Waals surface area (Å²) < 4.78 is 4.83. The largest absolute Gasteiger partial charge is 0.352 e. The van der Waals surface area contributed by atoms with Crippen LogP contribution < -0.4 is 10.6 Å². The average Bonchev–Trinajstić information content (AvgIpc) is 2.76. The van der Waals surface area contributed by atoms with E-state index in [1.807, 2.05) is 0 Å². The first kappa shape index (κ1) is 10.1. The summed E-state index contributed by atoms with van der Waals surface area (Å²) in [4.78, 5) is 15.0. The van der Waals surface area contributed by atoms with Crippen molar-refractivity contribution in [1.29, 1.82) is 0 Å². The molecule has 1 fully saturated rings. The fourth-order valence-electron chi connectivity index (χ4n) is 1.60. The number of hydrogen-bond donors (Lipinski definition) is 2. The molecular weight excluding hydrogens is 196 g/mol. The standard InChI is InChI=1S/C9H14N4O2/c1-6-11-8(13-15-6)5-10-4-7-2-3-9(14)12-7/h7,10H,2-5H2,1H3,(H,12,14). The number of carbonyl (C=O) groups excluding carboxylic acids is 1. The minimum absolute atomic E-state index is 0.136. The van der Waals surface area contributed by atoms with Crippen LogP contribution in [0.1, 0.15) is 24.6 Å². The van der Waals surface area contributed by atoms with Crippen LogP contribution in [0.5, 0.6) is 0 Å². The summed E-state index contributed by atoms with van der Waals surface area (Å²) in [5, 5.41) is 9.82. The lowest BCUT2D eigenvalue weighted by Crippen LogP contribution is -2.35. The van der Waals surface area contributed by atoms with Crippen molar-refractivity contribution in [3.05, 3.63) is 11.7 Å². The molecule has 82 valence electrons. The molecule has 1 saturated heterocycles. The van der Waals surface area contributed by atoms with Crippen LogP contribution in [0, 0.1) is 6.92 Å². The highest BCUT2D eigenvalue weighted by Gasteiger charge is 2.19. The van der Waals surface area contributed by atoms with Gasteiger partial charge < -0.3 is 15.2 Å². The number of hydrogen-bond acceptors (Lipinski definition) is 5. The number of nitrogens with one attached hydrogen (secondary N) is 2. The first-order valence-corrected chi connectivity index (χ1v) is 5.03. The van der Waals surface area contributed by atoms with E-state index in [1.54, 1.807) is 6.92 Å². The first-order valence-electron chi connectivity index (χ1n) is 5.03. The van der Waals surface area contributed by atoms with Gasteiger partial charge >= 0.3 is 0 Å². The molecule has 0 radical (unpaired) electrons. The highest BCUT2D eigenvalue weighted by atomic mass is 16.5. The average molecular weight is 210 g/mol. The van der Waals surface area contributed by atoms with Crippen LogP contribution >= 0.6 is 0 Å². The third-order valence-corrected chi connectivity index (χ3v) is 2.33. The summed E-state index contributed by atoms with van der Waals surface area (Å²) in [7, 11) is 0. The lowest BCUT2D eigenvalue weighted by atomic mass is 10.2. The van der Waals surface area contributed by atoms with Gasteiger partial charge in [-0.1, -0.05) is 5.16 Å². The van der Waals surface area contributed by atoms with Gasteiger partial charge in [-0.2, -0.15) is 4.98 Å². The lowest BCUT2D eigenvalue weighted by Gasteiger charge is -2.09. The second kappa shape index (κ2) is 4.39. The van der Waals surface area contributed by atoms with Crippen LogP contribution in [0.3, 0.4) is 0 Å². The Hall–Kier alpha value is -1.43. The Balaban J connectivity index is 1.69. The Bertz CT molecular complexity index is 350. The molecule has 6 nitrogen and oxygen atoms in total. The highest BCUT2D eigenvalue weighted by molar-refractivity contribution is 5.78. The van der Waals surface area contributed by atoms with Gasteiger partial charge in [-0.05, 0) is 6.42 Å². The summed E-state index contributed by atoms with van der Waals surface area (Å²) in [6.45, 7) is 3.08. The molecule has 1 aliphatic heterocycles. The molecule has 1 aromatic heterocycles. The van der Waals surface area contributed by atoms with Gasteiger partial charge in [0.05, 0.1) is 6.54 Å². The maximum atomic E-state index is 10.9. The van der Waals surface area contributed by atoms with Crippen molar-refractivity contribution in [2.24, 2.45) is 0 Å². The molecule has 0 aromatic carbocycles. The first-order chi connectivity index (χ1) is 7.24. The van der Waals surface area contributed by atoms with Crippen molar-refractivity contribution in [3.8, 4) is 0 Å². The molecule has 0 saturated carbocycles. The van der Waals surface area contributed by atoms with Gasteiger partial charge in [0, 0.05) is 25.9 Å². The maximum absolute atomic E-state index is 10.9. The number of aryl methyl sites for hydroxylation is 1. The van der Waals surface area contributed by atoms with E-state index in [9.17, 15) is 4.79 Å². The number of amides is 1. The molecule has 1 atom stereocenters. The number of rotatable bonds is 4. The van der Waals surface area contributed by atoms with Crippen molar-refractivity contribution in [2.75, 3.05) is 6.54 Å². The molecule has 0 aliphatic carbocycles. The van der Waals surface area contributed by atoms with Crippen molar-refractivity contribution in [3.63, 3.8) is 0 Å². The fraction of sp³-hybridized carbons (Fsp3) is 0.667. The molecule has 2 N–H and O–H groups in total. The van der Waals surface area contributed by atoms with E-state index in [4.69, 9.17) is 4.52 Å². The van der Waals surface area contributed by atoms with Gasteiger partial charge in [-0.3, -0.25) is 4.79 Å². The van der Waals surface area contributed by atoms with Crippen molar-refractivity contribution >= 4 is 5.91 Å². The predicted molar refractivity (Wildman–Crippen MR) is 51.9 cm³/mol. The van der Waals surface area contributed by atoms with Gasteiger partial charge in [-0.25, -0.2) is 0 Å². The molecular formula is C9H14N4O2. The lowest BCUT2D eigenvalue weighted by molar-refractivity contribution is -0.119. The second-order valence-corrected chi connectivity index (χ2v) is 3.66. The molecule has 2 heterocycles. The summed E-state index contributed by atoms with van der Waals surface area (Å²) in [6.07, 6.45) is 1.53. The minimum atomic E-state index is 0.136. The SMILES string of the molecule is Cc1nc(CNCC2CCC(=O)N2)no1. The monoisotopic (exact) mass is 210 g/mol. The molecule has 0 spiro atoms. The third kappa shape index (κ3) is 2.76. The third-order valence-electron chi connectivity index (χ3n) is 2.33. The Morgan fingerprint density at radius 2 is 2.53 bits per heavy atom. The highest BCUT2D eigenvalue weighted by Crippen LogP contribution is 2.05. The Morgan fingerprint density at radius 3 is 3.13 bits per heavy atom. The zero-order chi connectivity index (χ0) is 10.7. The van der Waals surface area contributed by atoms with Crippen LogP contribution in [0.2, 0.25) is 0 Å². The quantitative estimate of drug-likeness (QED) is 0.716. The summed E-state index contributed by atoms with van der Waals surface area (Å²) in [5.74, 6) is 1.36. The molecule has 1 unspecified atom stereocenters. The van der Waals surface area contributed by atoms with Crippen LogP contribution in [0.25, 0.3) is 0 Å². The summed E-state index contributed by atoms with van der Waals surface area (Å²) >= 11 is 0.